The van der Waals surface area contributed by atoms with Crippen molar-refractivity contribution in [1.82, 2.24) is 0 Å². The molecule has 7 heteroatoms. The predicted molar refractivity (Wildman–Crippen MR) is 76.0 cm³/mol. The van der Waals surface area contributed by atoms with Crippen molar-refractivity contribution in [3.63, 3.8) is 0 Å². The number of ether oxygens (including phenoxy) is 2. The first-order valence-corrected chi connectivity index (χ1v) is 6.46. The molecule has 22 heavy (non-hydrogen) atoms. The summed E-state index contributed by atoms with van der Waals surface area (Å²) in [7, 11) is 0. The van der Waals surface area contributed by atoms with Gasteiger partial charge in [0.05, 0.1) is 12.2 Å². The molecule has 2 rings (SSSR count). The second-order valence-corrected chi connectivity index (χ2v) is 4.76. The van der Waals surface area contributed by atoms with Crippen molar-refractivity contribution >= 4 is 23.6 Å². The van der Waals surface area contributed by atoms with Gasteiger partial charge in [-0.2, -0.15) is 13.2 Å². The van der Waals surface area contributed by atoms with E-state index in [4.69, 9.17) is 24.6 Å². The lowest BCUT2D eigenvalue weighted by Crippen LogP contribution is -2.41. The van der Waals surface area contributed by atoms with E-state index < -0.39 is 65.0 Å². The summed E-state index contributed by atoms with van der Waals surface area (Å²) < 4.78 is 95.0. The van der Waals surface area contributed by atoms with Crippen LogP contribution in [0.4, 0.5) is 13.2 Å². The van der Waals surface area contributed by atoms with Gasteiger partial charge < -0.3 is 9.47 Å². The van der Waals surface area contributed by atoms with Crippen LogP contribution in [0, 0.1) is 13.7 Å². The van der Waals surface area contributed by atoms with Crippen LogP contribution >= 0.6 is 11.6 Å². The predicted octanol–water partition coefficient (Wildman–Crippen LogP) is 4.23. The van der Waals surface area contributed by atoms with Crippen LogP contribution < -0.4 is 4.74 Å². The minimum absolute atomic E-state index is 0.224. The number of alkyl halides is 3. The van der Waals surface area contributed by atoms with Crippen LogP contribution in [0.5, 0.6) is 5.75 Å². The standard InChI is InChI=1S/C15H14ClF3O3/c1-4-21-14(20)10-6-9-8(3)12(16)7(2)5-11(9)22-13(10)15(17,18)19/h5-6,13H,4H2,1-3H3/i2D3,3D3. The highest BCUT2D eigenvalue weighted by molar-refractivity contribution is 6.32. The van der Waals surface area contributed by atoms with Crippen LogP contribution in [0.25, 0.3) is 6.08 Å². The number of fused-ring (bicyclic) bond motifs is 1. The van der Waals surface area contributed by atoms with E-state index in [9.17, 15) is 18.0 Å². The number of carbonyl (C=O) groups excluding carboxylic acids is 1. The number of benzene rings is 1. The van der Waals surface area contributed by atoms with Crippen LogP contribution in [-0.2, 0) is 9.53 Å². The topological polar surface area (TPSA) is 35.5 Å². The molecular formula is C15H14ClF3O3. The monoisotopic (exact) mass is 340 g/mol. The Hall–Kier alpha value is -1.69. The van der Waals surface area contributed by atoms with Crippen molar-refractivity contribution in [1.29, 1.82) is 0 Å². The van der Waals surface area contributed by atoms with Gasteiger partial charge in [-0.3, -0.25) is 0 Å². The highest BCUT2D eigenvalue weighted by atomic mass is 35.5. The maximum atomic E-state index is 13.4. The summed E-state index contributed by atoms with van der Waals surface area (Å²) in [5.41, 5.74) is -2.79. The highest BCUT2D eigenvalue weighted by Crippen LogP contribution is 2.41. The van der Waals surface area contributed by atoms with E-state index in [0.717, 1.165) is 6.07 Å². The Morgan fingerprint density at radius 2 is 2.23 bits per heavy atom. The summed E-state index contributed by atoms with van der Waals surface area (Å²) in [6.45, 7) is -4.74. The molecule has 0 radical (unpaired) electrons. The van der Waals surface area contributed by atoms with Crippen molar-refractivity contribution in [2.45, 2.75) is 32.9 Å². The van der Waals surface area contributed by atoms with Crippen molar-refractivity contribution < 1.29 is 35.7 Å². The summed E-state index contributed by atoms with van der Waals surface area (Å²) in [6.07, 6.45) is -7.13. The second kappa shape index (κ2) is 5.83. The molecule has 1 heterocycles. The molecule has 0 fully saturated rings. The molecule has 1 atom stereocenters. The van der Waals surface area contributed by atoms with E-state index in [1.807, 2.05) is 0 Å². The van der Waals surface area contributed by atoms with Gasteiger partial charge in [-0.25, -0.2) is 4.79 Å². The van der Waals surface area contributed by atoms with Crippen molar-refractivity contribution in [2.24, 2.45) is 0 Å². The summed E-state index contributed by atoms with van der Waals surface area (Å²) in [5.74, 6) is -2.00. The lowest BCUT2D eigenvalue weighted by Gasteiger charge is -2.29. The zero-order chi connectivity index (χ0) is 21.7. The minimum Gasteiger partial charge on any atom is -0.475 e. The van der Waals surface area contributed by atoms with E-state index in [2.05, 4.69) is 4.74 Å². The van der Waals surface area contributed by atoms with E-state index in [0.29, 0.717) is 6.08 Å². The van der Waals surface area contributed by atoms with E-state index in [1.54, 1.807) is 0 Å². The molecule has 0 saturated carbocycles. The SMILES string of the molecule is [2H]C([2H])([2H])c1cc2c(c(C([2H])([2H])[2H])c1Cl)C=C(C(=O)OCC)C(C(F)(F)F)O2. The number of esters is 1. The van der Waals surface area contributed by atoms with Crippen LogP contribution in [0.1, 0.15) is 31.8 Å². The quantitative estimate of drug-likeness (QED) is 0.756. The van der Waals surface area contributed by atoms with E-state index in [-0.39, 0.29) is 6.61 Å². The fraction of sp³-hybridized carbons (Fsp3) is 0.400. The second-order valence-electron chi connectivity index (χ2n) is 4.38. The highest BCUT2D eigenvalue weighted by Gasteiger charge is 2.49. The fourth-order valence-electron chi connectivity index (χ4n) is 1.93. The molecule has 0 spiro atoms. The average molecular weight is 341 g/mol. The van der Waals surface area contributed by atoms with Crippen LogP contribution in [0.15, 0.2) is 11.6 Å². The first-order valence-electron chi connectivity index (χ1n) is 9.08. The molecule has 120 valence electrons. The Balaban J connectivity index is 2.86. The molecule has 0 bridgehead atoms. The van der Waals surface area contributed by atoms with Gasteiger partial charge in [0.15, 0.2) is 0 Å². The Labute approximate surface area is 139 Å². The number of hydrogen-bond acceptors (Lipinski definition) is 3. The molecular weight excluding hydrogens is 321 g/mol. The normalized spacial score (nSPS) is 22.6. The van der Waals surface area contributed by atoms with Gasteiger partial charge in [-0.15, -0.1) is 0 Å². The Morgan fingerprint density at radius 1 is 1.50 bits per heavy atom. The summed E-state index contributed by atoms with van der Waals surface area (Å²) in [5, 5.41) is -0.660. The molecule has 3 nitrogen and oxygen atoms in total. The van der Waals surface area contributed by atoms with E-state index >= 15 is 0 Å². The van der Waals surface area contributed by atoms with Gasteiger partial charge in [0, 0.05) is 18.8 Å². The average Bonchev–Trinajstić information content (AvgIpc) is 2.49. The molecule has 0 N–H and O–H groups in total. The van der Waals surface area contributed by atoms with Gasteiger partial charge in [0.25, 0.3) is 0 Å². The summed E-state index contributed by atoms with van der Waals surface area (Å²) in [6, 6.07) is 0.733. The first kappa shape index (κ1) is 10.2. The van der Waals surface area contributed by atoms with Crippen molar-refractivity contribution in [3.8, 4) is 5.75 Å². The Morgan fingerprint density at radius 3 is 2.77 bits per heavy atom. The van der Waals surface area contributed by atoms with Gasteiger partial charge in [-0.1, -0.05) is 11.6 Å². The molecule has 0 aromatic heterocycles. The third-order valence-corrected chi connectivity index (χ3v) is 3.29. The zero-order valence-electron chi connectivity index (χ0n) is 17.2. The number of rotatable bonds is 2. The summed E-state index contributed by atoms with van der Waals surface area (Å²) >= 11 is 5.99. The Kier molecular flexibility index (Phi) is 2.69. The molecule has 0 saturated heterocycles. The molecule has 1 aliphatic rings. The zero-order valence-corrected chi connectivity index (χ0v) is 11.9. The molecule has 1 aromatic carbocycles. The molecule has 0 amide bonds. The van der Waals surface area contributed by atoms with Crippen LogP contribution in [-0.4, -0.2) is 24.9 Å². The van der Waals surface area contributed by atoms with Gasteiger partial charge in [-0.05, 0) is 43.9 Å². The number of halogens is 4. The molecule has 1 aromatic rings. The molecule has 1 unspecified atom stereocenters. The fourth-order valence-corrected chi connectivity index (χ4v) is 2.09. The van der Waals surface area contributed by atoms with E-state index in [1.165, 1.54) is 6.92 Å². The Bertz CT molecular complexity index is 830. The van der Waals surface area contributed by atoms with Crippen molar-refractivity contribution in [3.05, 3.63) is 33.4 Å². The number of hydrogen-bond donors (Lipinski definition) is 0. The van der Waals surface area contributed by atoms with Gasteiger partial charge >= 0.3 is 12.1 Å². The van der Waals surface area contributed by atoms with Crippen LogP contribution in [0.3, 0.4) is 0 Å². The lowest BCUT2D eigenvalue weighted by molar-refractivity contribution is -0.187. The number of aryl methyl sites for hydroxylation is 1. The largest absolute Gasteiger partial charge is 0.475 e. The summed E-state index contributed by atoms with van der Waals surface area (Å²) in [4.78, 5) is 12.0. The third-order valence-electron chi connectivity index (χ3n) is 2.90. The van der Waals surface area contributed by atoms with Gasteiger partial charge in [0.2, 0.25) is 6.10 Å². The maximum absolute atomic E-state index is 13.4. The third kappa shape index (κ3) is 2.92. The first-order chi connectivity index (χ1) is 12.6. The van der Waals surface area contributed by atoms with Crippen LogP contribution in [0.2, 0.25) is 5.02 Å². The molecule has 0 aliphatic carbocycles. The van der Waals surface area contributed by atoms with Crippen molar-refractivity contribution in [2.75, 3.05) is 6.61 Å². The number of carbonyl (C=O) groups is 1. The smallest absolute Gasteiger partial charge is 0.430 e. The lowest BCUT2D eigenvalue weighted by atomic mass is 9.96. The minimum atomic E-state index is -5.05. The van der Waals surface area contributed by atoms with Gasteiger partial charge in [0.1, 0.15) is 5.75 Å². The maximum Gasteiger partial charge on any atom is 0.430 e. The molecule has 1 aliphatic heterocycles.